The highest BCUT2D eigenvalue weighted by Crippen LogP contribution is 2.34. The van der Waals surface area contributed by atoms with Gasteiger partial charge in [0.1, 0.15) is 5.75 Å². The number of methoxy groups -OCH3 is 1. The van der Waals surface area contributed by atoms with Gasteiger partial charge < -0.3 is 15.0 Å². The Labute approximate surface area is 114 Å². The molecule has 102 valence electrons. The molecule has 3 nitrogen and oxygen atoms in total. The molecule has 0 saturated heterocycles. The first kappa shape index (κ1) is 12.5. The molecule has 1 aromatic heterocycles. The standard InChI is InChI=1S/C16H22N2O/c1-10(2)8-15-16-13(6-7-17-15)12-5-4-11(19-3)9-14(12)18-16/h4-5,9-10,15,17-18H,6-8H2,1-3H3/t15-/m1/s1. The van der Waals surface area contributed by atoms with Crippen LogP contribution in [0.3, 0.4) is 0 Å². The third-order valence-corrected chi connectivity index (χ3v) is 3.97. The summed E-state index contributed by atoms with van der Waals surface area (Å²) in [5.41, 5.74) is 4.06. The number of ether oxygens (including phenoxy) is 1. The summed E-state index contributed by atoms with van der Waals surface area (Å²) >= 11 is 0. The average Bonchev–Trinajstić information content (AvgIpc) is 2.77. The summed E-state index contributed by atoms with van der Waals surface area (Å²) in [5.74, 6) is 1.61. The van der Waals surface area contributed by atoms with E-state index < -0.39 is 0 Å². The number of H-pyrrole nitrogens is 1. The van der Waals surface area contributed by atoms with E-state index in [1.54, 1.807) is 7.11 Å². The second kappa shape index (κ2) is 4.89. The summed E-state index contributed by atoms with van der Waals surface area (Å²) in [6, 6.07) is 6.79. The number of fused-ring (bicyclic) bond motifs is 3. The zero-order valence-electron chi connectivity index (χ0n) is 11.9. The number of nitrogens with one attached hydrogen (secondary N) is 2. The number of benzene rings is 1. The highest BCUT2D eigenvalue weighted by atomic mass is 16.5. The van der Waals surface area contributed by atoms with Crippen LogP contribution in [0.1, 0.15) is 37.6 Å². The van der Waals surface area contributed by atoms with E-state index in [1.165, 1.54) is 28.6 Å². The molecule has 1 aliphatic heterocycles. The molecule has 2 N–H and O–H groups in total. The van der Waals surface area contributed by atoms with E-state index in [4.69, 9.17) is 4.74 Å². The molecule has 2 heterocycles. The van der Waals surface area contributed by atoms with Crippen molar-refractivity contribution >= 4 is 10.9 Å². The summed E-state index contributed by atoms with van der Waals surface area (Å²) in [6.07, 6.45) is 2.28. The van der Waals surface area contributed by atoms with Crippen molar-refractivity contribution in [2.45, 2.75) is 32.7 Å². The van der Waals surface area contributed by atoms with Crippen LogP contribution in [0.2, 0.25) is 0 Å². The molecule has 0 spiro atoms. The van der Waals surface area contributed by atoms with E-state index in [-0.39, 0.29) is 0 Å². The first-order chi connectivity index (χ1) is 9.19. The largest absolute Gasteiger partial charge is 0.497 e. The van der Waals surface area contributed by atoms with Crippen LogP contribution in [0.4, 0.5) is 0 Å². The molecule has 0 unspecified atom stereocenters. The van der Waals surface area contributed by atoms with E-state index in [0.717, 1.165) is 18.7 Å². The number of hydrogen-bond donors (Lipinski definition) is 2. The maximum Gasteiger partial charge on any atom is 0.120 e. The predicted octanol–water partition coefficient (Wildman–Crippen LogP) is 3.41. The Kier molecular flexibility index (Phi) is 3.23. The minimum Gasteiger partial charge on any atom is -0.497 e. The van der Waals surface area contributed by atoms with Crippen LogP contribution < -0.4 is 10.1 Å². The molecule has 19 heavy (non-hydrogen) atoms. The van der Waals surface area contributed by atoms with E-state index in [0.29, 0.717) is 12.0 Å². The lowest BCUT2D eigenvalue weighted by molar-refractivity contribution is 0.409. The number of hydrogen-bond acceptors (Lipinski definition) is 2. The highest BCUT2D eigenvalue weighted by Gasteiger charge is 2.24. The Morgan fingerprint density at radius 2 is 2.21 bits per heavy atom. The van der Waals surface area contributed by atoms with Crippen LogP contribution in [-0.4, -0.2) is 18.6 Å². The minimum absolute atomic E-state index is 0.460. The summed E-state index contributed by atoms with van der Waals surface area (Å²) in [7, 11) is 1.72. The van der Waals surface area contributed by atoms with Crippen molar-refractivity contribution in [2.75, 3.05) is 13.7 Å². The molecule has 0 amide bonds. The van der Waals surface area contributed by atoms with Gasteiger partial charge in [0.05, 0.1) is 7.11 Å². The van der Waals surface area contributed by atoms with Crippen LogP contribution in [0.25, 0.3) is 10.9 Å². The number of aromatic amines is 1. The van der Waals surface area contributed by atoms with Gasteiger partial charge in [0.2, 0.25) is 0 Å². The molecular weight excluding hydrogens is 236 g/mol. The lowest BCUT2D eigenvalue weighted by Crippen LogP contribution is -2.30. The average molecular weight is 258 g/mol. The third kappa shape index (κ3) is 2.23. The maximum absolute atomic E-state index is 5.31. The van der Waals surface area contributed by atoms with Crippen molar-refractivity contribution < 1.29 is 4.74 Å². The summed E-state index contributed by atoms with van der Waals surface area (Å²) in [5, 5.41) is 4.99. The van der Waals surface area contributed by atoms with Gasteiger partial charge in [0.25, 0.3) is 0 Å². The van der Waals surface area contributed by atoms with Crippen molar-refractivity contribution in [1.82, 2.24) is 10.3 Å². The van der Waals surface area contributed by atoms with Crippen molar-refractivity contribution in [2.24, 2.45) is 5.92 Å². The summed E-state index contributed by atoms with van der Waals surface area (Å²) in [4.78, 5) is 3.60. The van der Waals surface area contributed by atoms with Gasteiger partial charge in [0.15, 0.2) is 0 Å². The number of rotatable bonds is 3. The van der Waals surface area contributed by atoms with Crippen LogP contribution in [-0.2, 0) is 6.42 Å². The Morgan fingerprint density at radius 3 is 2.95 bits per heavy atom. The Bertz CT molecular complexity index is 586. The summed E-state index contributed by atoms with van der Waals surface area (Å²) < 4.78 is 5.31. The van der Waals surface area contributed by atoms with Gasteiger partial charge in [-0.25, -0.2) is 0 Å². The molecule has 0 fully saturated rings. The van der Waals surface area contributed by atoms with Crippen LogP contribution in [0.5, 0.6) is 5.75 Å². The fraction of sp³-hybridized carbons (Fsp3) is 0.500. The Hall–Kier alpha value is -1.48. The smallest absolute Gasteiger partial charge is 0.120 e. The van der Waals surface area contributed by atoms with Crippen molar-refractivity contribution in [1.29, 1.82) is 0 Å². The second-order valence-electron chi connectivity index (χ2n) is 5.82. The van der Waals surface area contributed by atoms with E-state index in [1.807, 2.05) is 0 Å². The quantitative estimate of drug-likeness (QED) is 0.885. The molecule has 1 aliphatic rings. The topological polar surface area (TPSA) is 37.0 Å². The Morgan fingerprint density at radius 1 is 1.37 bits per heavy atom. The zero-order valence-corrected chi connectivity index (χ0v) is 11.9. The van der Waals surface area contributed by atoms with Gasteiger partial charge in [-0.1, -0.05) is 13.8 Å². The van der Waals surface area contributed by atoms with Crippen LogP contribution in [0.15, 0.2) is 18.2 Å². The Balaban J connectivity index is 2.06. The van der Waals surface area contributed by atoms with Crippen molar-refractivity contribution in [3.8, 4) is 5.75 Å². The van der Waals surface area contributed by atoms with Gasteiger partial charge >= 0.3 is 0 Å². The molecule has 2 aromatic rings. The second-order valence-corrected chi connectivity index (χ2v) is 5.82. The molecule has 1 aromatic carbocycles. The highest BCUT2D eigenvalue weighted by molar-refractivity contribution is 5.86. The third-order valence-electron chi connectivity index (χ3n) is 3.97. The van der Waals surface area contributed by atoms with E-state index in [9.17, 15) is 0 Å². The number of aromatic nitrogens is 1. The normalized spacial score (nSPS) is 18.8. The molecule has 0 aliphatic carbocycles. The zero-order chi connectivity index (χ0) is 13.4. The summed E-state index contributed by atoms with van der Waals surface area (Å²) in [6.45, 7) is 5.63. The SMILES string of the molecule is COc1ccc2c3c([nH]c2c1)[C@@H](CC(C)C)NCC3. The van der Waals surface area contributed by atoms with E-state index in [2.05, 4.69) is 42.3 Å². The molecule has 0 bridgehead atoms. The predicted molar refractivity (Wildman–Crippen MR) is 78.8 cm³/mol. The van der Waals surface area contributed by atoms with E-state index >= 15 is 0 Å². The minimum atomic E-state index is 0.460. The van der Waals surface area contributed by atoms with Crippen molar-refractivity contribution in [3.63, 3.8) is 0 Å². The van der Waals surface area contributed by atoms with Gasteiger partial charge in [0, 0.05) is 28.7 Å². The van der Waals surface area contributed by atoms with Gasteiger partial charge in [-0.3, -0.25) is 0 Å². The van der Waals surface area contributed by atoms with Gasteiger partial charge in [-0.15, -0.1) is 0 Å². The fourth-order valence-electron chi connectivity index (χ4n) is 3.10. The lowest BCUT2D eigenvalue weighted by Gasteiger charge is -2.25. The maximum atomic E-state index is 5.31. The molecule has 1 atom stereocenters. The molecular formula is C16H22N2O. The molecule has 0 radical (unpaired) electrons. The van der Waals surface area contributed by atoms with Crippen LogP contribution >= 0.6 is 0 Å². The lowest BCUT2D eigenvalue weighted by atomic mass is 9.93. The van der Waals surface area contributed by atoms with Gasteiger partial charge in [-0.05, 0) is 43.0 Å². The molecule has 3 heteroatoms. The first-order valence-corrected chi connectivity index (χ1v) is 7.11. The van der Waals surface area contributed by atoms with Crippen LogP contribution in [0, 0.1) is 5.92 Å². The monoisotopic (exact) mass is 258 g/mol. The molecule has 3 rings (SSSR count). The van der Waals surface area contributed by atoms with Crippen molar-refractivity contribution in [3.05, 3.63) is 29.5 Å². The first-order valence-electron chi connectivity index (χ1n) is 7.11. The van der Waals surface area contributed by atoms with Gasteiger partial charge in [-0.2, -0.15) is 0 Å². The fourth-order valence-corrected chi connectivity index (χ4v) is 3.10. The molecule has 0 saturated carbocycles.